The minimum Gasteiger partial charge on any atom is -0.467 e. The lowest BCUT2D eigenvalue weighted by Gasteiger charge is -2.29. The Morgan fingerprint density at radius 1 is 1.11 bits per heavy atom. The molecule has 1 N–H and O–H groups in total. The maximum atomic E-state index is 11.7. The molecule has 0 spiro atoms. The topological polar surface area (TPSA) is 47.6 Å². The van der Waals surface area contributed by atoms with Gasteiger partial charge in [0, 0.05) is 10.0 Å². The van der Waals surface area contributed by atoms with Gasteiger partial charge in [-0.05, 0) is 60.7 Å². The van der Waals surface area contributed by atoms with Crippen molar-refractivity contribution in [3.63, 3.8) is 0 Å². The van der Waals surface area contributed by atoms with E-state index in [-0.39, 0.29) is 12.6 Å². The van der Waals surface area contributed by atoms with Crippen LogP contribution in [-0.4, -0.2) is 26.2 Å². The molecule has 1 aliphatic rings. The second-order valence-corrected chi connectivity index (χ2v) is 7.62. The molecule has 1 saturated carbocycles. The number of carbonyl (C=O) groups is 1. The summed E-state index contributed by atoms with van der Waals surface area (Å²) in [6, 6.07) is 15.0. The molecular weight excluding hydrogens is 385 g/mol. The fourth-order valence-corrected chi connectivity index (χ4v) is 3.30. The molecule has 0 bridgehead atoms. The first kappa shape index (κ1) is 20.2. The van der Waals surface area contributed by atoms with E-state index in [1.54, 1.807) is 0 Å². The minimum absolute atomic E-state index is 0.136. The highest BCUT2D eigenvalue weighted by atomic mass is 35.5. The van der Waals surface area contributed by atoms with Crippen molar-refractivity contribution >= 4 is 29.2 Å². The number of rotatable bonds is 9. The van der Waals surface area contributed by atoms with Crippen LogP contribution in [0.5, 0.6) is 0 Å². The van der Waals surface area contributed by atoms with E-state index >= 15 is 0 Å². The smallest absolute Gasteiger partial charge is 0.331 e. The zero-order valence-electron chi connectivity index (χ0n) is 15.2. The van der Waals surface area contributed by atoms with Crippen LogP contribution in [0.2, 0.25) is 10.0 Å². The Kier molecular flexibility index (Phi) is 7.13. The lowest BCUT2D eigenvalue weighted by Crippen LogP contribution is -2.31. The van der Waals surface area contributed by atoms with Crippen LogP contribution in [0.3, 0.4) is 0 Å². The van der Waals surface area contributed by atoms with Gasteiger partial charge in [0.25, 0.3) is 0 Å². The number of hydrogen-bond donors (Lipinski definition) is 1. The molecule has 2 aromatic rings. The van der Waals surface area contributed by atoms with Crippen LogP contribution in [-0.2, 0) is 14.3 Å². The molecule has 1 aliphatic carbocycles. The van der Waals surface area contributed by atoms with Crippen molar-refractivity contribution in [2.45, 2.75) is 25.0 Å². The van der Waals surface area contributed by atoms with Gasteiger partial charge in [-0.2, -0.15) is 0 Å². The predicted molar refractivity (Wildman–Crippen MR) is 107 cm³/mol. The van der Waals surface area contributed by atoms with E-state index in [1.807, 2.05) is 48.5 Å². The second-order valence-electron chi connectivity index (χ2n) is 6.74. The van der Waals surface area contributed by atoms with Crippen molar-refractivity contribution in [3.8, 4) is 0 Å². The lowest BCUT2D eigenvalue weighted by molar-refractivity contribution is -0.148. The molecule has 27 heavy (non-hydrogen) atoms. The summed E-state index contributed by atoms with van der Waals surface area (Å²) in [7, 11) is 1.35. The Morgan fingerprint density at radius 3 is 2.48 bits per heavy atom. The molecule has 3 rings (SSSR count). The SMILES string of the molecule is COC(=O)COC(c1cccc(Cl)c1)[C@H](NCC1CC1)c1ccc(Cl)cc1. The standard InChI is InChI=1S/C21H23Cl2NO3/c1-26-19(25)13-27-21(16-3-2-4-18(23)11-16)20(24-12-14-5-6-14)15-7-9-17(22)10-8-15/h2-4,7-11,14,20-21,24H,5-6,12-13H2,1H3/t20-,21?/m1/s1. The van der Waals surface area contributed by atoms with E-state index in [2.05, 4.69) is 5.32 Å². The van der Waals surface area contributed by atoms with Gasteiger partial charge in [-0.15, -0.1) is 0 Å². The molecular formula is C21H23Cl2NO3. The summed E-state index contributed by atoms with van der Waals surface area (Å²) in [5.74, 6) is 0.277. The van der Waals surface area contributed by atoms with Gasteiger partial charge < -0.3 is 14.8 Å². The number of esters is 1. The average Bonchev–Trinajstić information content (AvgIpc) is 3.49. The number of hydrogen-bond acceptors (Lipinski definition) is 4. The third-order valence-corrected chi connectivity index (χ3v) is 5.13. The maximum Gasteiger partial charge on any atom is 0.331 e. The first-order chi connectivity index (χ1) is 13.1. The second kappa shape index (κ2) is 9.56. The van der Waals surface area contributed by atoms with Crippen LogP contribution >= 0.6 is 23.2 Å². The van der Waals surface area contributed by atoms with Gasteiger partial charge in [0.2, 0.25) is 0 Å². The van der Waals surface area contributed by atoms with Gasteiger partial charge in [0.15, 0.2) is 0 Å². The molecule has 0 amide bonds. The summed E-state index contributed by atoms with van der Waals surface area (Å²) in [6.07, 6.45) is 2.08. The fraction of sp³-hybridized carbons (Fsp3) is 0.381. The van der Waals surface area contributed by atoms with Crippen LogP contribution in [0.15, 0.2) is 48.5 Å². The molecule has 0 aromatic heterocycles. The van der Waals surface area contributed by atoms with Crippen molar-refractivity contribution in [1.82, 2.24) is 5.32 Å². The summed E-state index contributed by atoms with van der Waals surface area (Å²) < 4.78 is 10.7. The Labute approximate surface area is 169 Å². The molecule has 6 heteroatoms. The van der Waals surface area contributed by atoms with Crippen molar-refractivity contribution in [3.05, 3.63) is 69.7 Å². The van der Waals surface area contributed by atoms with Crippen molar-refractivity contribution < 1.29 is 14.3 Å². The third kappa shape index (κ3) is 5.94. The maximum absolute atomic E-state index is 11.7. The number of nitrogens with one attached hydrogen (secondary N) is 1. The summed E-state index contributed by atoms with van der Waals surface area (Å²) in [6.45, 7) is 0.759. The van der Waals surface area contributed by atoms with Gasteiger partial charge in [-0.3, -0.25) is 0 Å². The molecule has 1 unspecified atom stereocenters. The molecule has 0 aliphatic heterocycles. The van der Waals surface area contributed by atoms with E-state index in [0.29, 0.717) is 16.0 Å². The van der Waals surface area contributed by atoms with E-state index in [9.17, 15) is 4.79 Å². The van der Waals surface area contributed by atoms with Crippen LogP contribution in [0.4, 0.5) is 0 Å². The van der Waals surface area contributed by atoms with Crippen molar-refractivity contribution in [2.75, 3.05) is 20.3 Å². The van der Waals surface area contributed by atoms with Crippen LogP contribution in [0, 0.1) is 5.92 Å². The van der Waals surface area contributed by atoms with Crippen LogP contribution in [0.25, 0.3) is 0 Å². The Balaban J connectivity index is 1.91. The lowest BCUT2D eigenvalue weighted by atomic mass is 9.95. The highest BCUT2D eigenvalue weighted by molar-refractivity contribution is 6.30. The predicted octanol–water partition coefficient (Wildman–Crippen LogP) is 4.97. The van der Waals surface area contributed by atoms with Gasteiger partial charge in [-0.25, -0.2) is 4.79 Å². The molecule has 4 nitrogen and oxygen atoms in total. The van der Waals surface area contributed by atoms with Crippen molar-refractivity contribution in [1.29, 1.82) is 0 Å². The normalized spacial score (nSPS) is 16.0. The summed E-state index contributed by atoms with van der Waals surface area (Å²) >= 11 is 12.3. The Morgan fingerprint density at radius 2 is 1.85 bits per heavy atom. The van der Waals surface area contributed by atoms with E-state index in [4.69, 9.17) is 32.7 Å². The van der Waals surface area contributed by atoms with Crippen LogP contribution < -0.4 is 5.32 Å². The quantitative estimate of drug-likeness (QED) is 0.596. The van der Waals surface area contributed by atoms with Gasteiger partial charge in [0.05, 0.1) is 13.2 Å². The molecule has 0 radical (unpaired) electrons. The number of halogens is 2. The van der Waals surface area contributed by atoms with Crippen LogP contribution in [0.1, 0.15) is 36.1 Å². The highest BCUT2D eigenvalue weighted by Crippen LogP contribution is 2.36. The highest BCUT2D eigenvalue weighted by Gasteiger charge is 2.29. The van der Waals surface area contributed by atoms with E-state index in [1.165, 1.54) is 20.0 Å². The van der Waals surface area contributed by atoms with E-state index in [0.717, 1.165) is 17.7 Å². The summed E-state index contributed by atoms with van der Waals surface area (Å²) in [4.78, 5) is 11.7. The molecule has 1 fully saturated rings. The molecule has 144 valence electrons. The largest absolute Gasteiger partial charge is 0.467 e. The number of methoxy groups -OCH3 is 1. The zero-order valence-corrected chi connectivity index (χ0v) is 16.7. The number of benzene rings is 2. The zero-order chi connectivity index (χ0) is 19.2. The average molecular weight is 408 g/mol. The Bertz CT molecular complexity index is 762. The molecule has 2 aromatic carbocycles. The summed E-state index contributed by atoms with van der Waals surface area (Å²) in [5.41, 5.74) is 1.93. The molecule has 2 atom stereocenters. The first-order valence-electron chi connectivity index (χ1n) is 8.99. The molecule has 0 saturated heterocycles. The summed E-state index contributed by atoms with van der Waals surface area (Å²) in [5, 5.41) is 4.91. The Hall–Kier alpha value is -1.59. The van der Waals surface area contributed by atoms with Gasteiger partial charge in [-0.1, -0.05) is 47.5 Å². The van der Waals surface area contributed by atoms with Gasteiger partial charge in [0.1, 0.15) is 12.7 Å². The number of ether oxygens (including phenoxy) is 2. The van der Waals surface area contributed by atoms with E-state index < -0.39 is 12.1 Å². The van der Waals surface area contributed by atoms with Crippen molar-refractivity contribution in [2.24, 2.45) is 5.92 Å². The first-order valence-corrected chi connectivity index (χ1v) is 9.75. The monoisotopic (exact) mass is 407 g/mol. The number of carbonyl (C=O) groups excluding carboxylic acids is 1. The minimum atomic E-state index is -0.418. The van der Waals surface area contributed by atoms with Gasteiger partial charge >= 0.3 is 5.97 Å². The molecule has 0 heterocycles. The fourth-order valence-electron chi connectivity index (χ4n) is 2.97. The third-order valence-electron chi connectivity index (χ3n) is 4.64.